The number of amides is 1. The molecule has 0 aliphatic carbocycles. The van der Waals surface area contributed by atoms with E-state index in [4.69, 9.17) is 4.74 Å². The van der Waals surface area contributed by atoms with Gasteiger partial charge < -0.3 is 4.74 Å². The summed E-state index contributed by atoms with van der Waals surface area (Å²) in [5.41, 5.74) is 0.806. The monoisotopic (exact) mass is 255 g/mol. The number of thiophene rings is 1. The maximum absolute atomic E-state index is 11.7. The number of benzene rings is 1. The minimum Gasteiger partial charge on any atom is -0.432 e. The van der Waals surface area contributed by atoms with Gasteiger partial charge in [0.1, 0.15) is 0 Å². The lowest BCUT2D eigenvalue weighted by Gasteiger charge is -2.00. The normalized spacial score (nSPS) is 16.8. The lowest BCUT2D eigenvalue weighted by molar-refractivity contribution is -0.115. The largest absolute Gasteiger partial charge is 0.432 e. The zero-order valence-electron chi connectivity index (χ0n) is 9.37. The Morgan fingerprint density at radius 1 is 1.11 bits per heavy atom. The molecule has 0 saturated heterocycles. The minimum atomic E-state index is -0.331. The molecule has 0 radical (unpaired) electrons. The van der Waals surface area contributed by atoms with Crippen molar-refractivity contribution >= 4 is 29.2 Å². The van der Waals surface area contributed by atoms with Crippen molar-refractivity contribution in [3.05, 3.63) is 64.0 Å². The van der Waals surface area contributed by atoms with E-state index in [1.165, 1.54) is 0 Å². The Hall–Kier alpha value is -2.20. The van der Waals surface area contributed by atoms with Crippen LogP contribution in [0.25, 0.3) is 6.08 Å². The Balaban J connectivity index is 1.87. The molecule has 2 aromatic rings. The maximum Gasteiger partial charge on any atom is 0.316 e. The molecule has 0 bridgehead atoms. The van der Waals surface area contributed by atoms with Crippen molar-refractivity contribution in [2.75, 3.05) is 0 Å². The Labute approximate surface area is 108 Å². The predicted molar refractivity (Wildman–Crippen MR) is 71.4 cm³/mol. The Morgan fingerprint density at radius 3 is 2.67 bits per heavy atom. The summed E-state index contributed by atoms with van der Waals surface area (Å²) < 4.78 is 5.50. The highest BCUT2D eigenvalue weighted by Crippen LogP contribution is 2.20. The summed E-state index contributed by atoms with van der Waals surface area (Å²) in [5, 5.41) is 1.95. The van der Waals surface area contributed by atoms with Crippen molar-refractivity contribution in [1.82, 2.24) is 0 Å². The van der Waals surface area contributed by atoms with Crippen LogP contribution in [0.3, 0.4) is 0 Å². The molecule has 0 spiro atoms. The lowest BCUT2D eigenvalue weighted by atomic mass is 10.2. The molecule has 3 rings (SSSR count). The van der Waals surface area contributed by atoms with E-state index in [1.54, 1.807) is 17.4 Å². The third kappa shape index (κ3) is 2.10. The average molecular weight is 255 g/mol. The van der Waals surface area contributed by atoms with E-state index in [2.05, 4.69) is 4.99 Å². The van der Waals surface area contributed by atoms with Gasteiger partial charge in [-0.1, -0.05) is 24.3 Å². The van der Waals surface area contributed by atoms with E-state index < -0.39 is 0 Å². The van der Waals surface area contributed by atoms with Crippen molar-refractivity contribution < 1.29 is 9.53 Å². The van der Waals surface area contributed by atoms with Crippen LogP contribution in [0.4, 0.5) is 0 Å². The van der Waals surface area contributed by atoms with Gasteiger partial charge in [0.05, 0.1) is 0 Å². The van der Waals surface area contributed by atoms with Gasteiger partial charge in [0.15, 0.2) is 5.76 Å². The first-order valence-electron chi connectivity index (χ1n) is 5.44. The zero-order valence-corrected chi connectivity index (χ0v) is 10.2. The third-order valence-corrected chi connectivity index (χ3v) is 3.28. The van der Waals surface area contributed by atoms with Gasteiger partial charge in [-0.15, -0.1) is 11.3 Å². The summed E-state index contributed by atoms with van der Waals surface area (Å²) in [6.07, 6.45) is 1.71. The van der Waals surface area contributed by atoms with Gasteiger partial charge in [-0.3, -0.25) is 4.79 Å². The van der Waals surface area contributed by atoms with Crippen molar-refractivity contribution in [3.63, 3.8) is 0 Å². The standard InChI is InChI=1S/C14H9NO2S/c16-13-12(9-11-7-4-8-18-11)17-14(15-13)10-5-2-1-3-6-10/h1-9H/b12-9-. The molecule has 4 heteroatoms. The van der Waals surface area contributed by atoms with Crippen LogP contribution in [0.15, 0.2) is 58.6 Å². The summed E-state index contributed by atoms with van der Waals surface area (Å²) in [6, 6.07) is 13.2. The second-order valence-corrected chi connectivity index (χ2v) is 4.69. The van der Waals surface area contributed by atoms with Gasteiger partial charge in [0, 0.05) is 16.5 Å². The second-order valence-electron chi connectivity index (χ2n) is 3.71. The van der Waals surface area contributed by atoms with Crippen LogP contribution in [0, 0.1) is 0 Å². The van der Waals surface area contributed by atoms with E-state index in [-0.39, 0.29) is 11.7 Å². The molecule has 0 saturated carbocycles. The first-order valence-corrected chi connectivity index (χ1v) is 6.32. The molecule has 18 heavy (non-hydrogen) atoms. The summed E-state index contributed by atoms with van der Waals surface area (Å²) in [6.45, 7) is 0. The Bertz CT molecular complexity index is 627. The van der Waals surface area contributed by atoms with Crippen molar-refractivity contribution in [2.45, 2.75) is 0 Å². The number of rotatable bonds is 2. The van der Waals surface area contributed by atoms with Crippen LogP contribution in [-0.2, 0) is 9.53 Å². The molecule has 1 aromatic carbocycles. The van der Waals surface area contributed by atoms with Crippen LogP contribution in [0.5, 0.6) is 0 Å². The van der Waals surface area contributed by atoms with Crippen molar-refractivity contribution in [1.29, 1.82) is 0 Å². The summed E-state index contributed by atoms with van der Waals surface area (Å²) in [7, 11) is 0. The van der Waals surface area contributed by atoms with Crippen LogP contribution in [0.2, 0.25) is 0 Å². The van der Waals surface area contributed by atoms with Gasteiger partial charge in [-0.2, -0.15) is 4.99 Å². The van der Waals surface area contributed by atoms with Crippen LogP contribution >= 0.6 is 11.3 Å². The first-order chi connectivity index (χ1) is 8.83. The molecule has 2 heterocycles. The predicted octanol–water partition coefficient (Wildman–Crippen LogP) is 3.09. The summed E-state index contributed by atoms with van der Waals surface area (Å²) in [5.74, 6) is 0.307. The first kappa shape index (κ1) is 10.9. The van der Waals surface area contributed by atoms with E-state index in [9.17, 15) is 4.79 Å². The fourth-order valence-corrected chi connectivity index (χ4v) is 2.26. The van der Waals surface area contributed by atoms with E-state index >= 15 is 0 Å². The van der Waals surface area contributed by atoms with Gasteiger partial charge in [-0.25, -0.2) is 0 Å². The van der Waals surface area contributed by atoms with Gasteiger partial charge in [0.2, 0.25) is 5.90 Å². The van der Waals surface area contributed by atoms with E-state index in [0.29, 0.717) is 5.90 Å². The smallest absolute Gasteiger partial charge is 0.316 e. The fourth-order valence-electron chi connectivity index (χ4n) is 1.62. The number of ether oxygens (including phenoxy) is 1. The zero-order chi connectivity index (χ0) is 12.4. The average Bonchev–Trinajstić information content (AvgIpc) is 3.02. The molecule has 1 amide bonds. The molecule has 88 valence electrons. The fraction of sp³-hybridized carbons (Fsp3) is 0. The third-order valence-electron chi connectivity index (χ3n) is 2.46. The topological polar surface area (TPSA) is 38.7 Å². The number of carbonyl (C=O) groups is 1. The minimum absolute atomic E-state index is 0.274. The van der Waals surface area contributed by atoms with Crippen LogP contribution in [0.1, 0.15) is 10.4 Å². The SMILES string of the molecule is O=C1N=C(c2ccccc2)O/C1=C\c1cccs1. The van der Waals surface area contributed by atoms with Crippen molar-refractivity contribution in [3.8, 4) is 0 Å². The molecule has 0 N–H and O–H groups in total. The maximum atomic E-state index is 11.7. The summed E-state index contributed by atoms with van der Waals surface area (Å²) in [4.78, 5) is 16.6. The van der Waals surface area contributed by atoms with Crippen molar-refractivity contribution in [2.24, 2.45) is 4.99 Å². The molecule has 1 aliphatic rings. The van der Waals surface area contributed by atoms with Gasteiger partial charge >= 0.3 is 5.91 Å². The van der Waals surface area contributed by atoms with Crippen LogP contribution in [-0.4, -0.2) is 11.8 Å². The highest BCUT2D eigenvalue weighted by Gasteiger charge is 2.23. The molecule has 3 nitrogen and oxygen atoms in total. The van der Waals surface area contributed by atoms with E-state index in [0.717, 1.165) is 10.4 Å². The molecule has 0 unspecified atom stereocenters. The lowest BCUT2D eigenvalue weighted by Crippen LogP contribution is -1.99. The molecule has 1 aromatic heterocycles. The van der Waals surface area contributed by atoms with E-state index in [1.807, 2.05) is 47.8 Å². The molecular formula is C14H9NO2S. The number of nitrogens with zero attached hydrogens (tertiary/aromatic N) is 1. The number of aliphatic imine (C=N–C) groups is 1. The highest BCUT2D eigenvalue weighted by atomic mass is 32.1. The molecular weight excluding hydrogens is 246 g/mol. The number of hydrogen-bond donors (Lipinski definition) is 0. The molecule has 0 atom stereocenters. The number of carbonyl (C=O) groups excluding carboxylic acids is 1. The Morgan fingerprint density at radius 2 is 1.94 bits per heavy atom. The number of hydrogen-bond acceptors (Lipinski definition) is 3. The Kier molecular flexibility index (Phi) is 2.78. The molecule has 1 aliphatic heterocycles. The van der Waals surface area contributed by atoms with Crippen LogP contribution < -0.4 is 0 Å². The summed E-state index contributed by atoms with van der Waals surface area (Å²) >= 11 is 1.55. The molecule has 0 fully saturated rings. The quantitative estimate of drug-likeness (QED) is 0.773. The van der Waals surface area contributed by atoms with Gasteiger partial charge in [-0.05, 0) is 23.6 Å². The van der Waals surface area contributed by atoms with Gasteiger partial charge in [0.25, 0.3) is 0 Å². The highest BCUT2D eigenvalue weighted by molar-refractivity contribution is 7.10. The second kappa shape index (κ2) is 4.58.